The van der Waals surface area contributed by atoms with Gasteiger partial charge in [-0.3, -0.25) is 14.9 Å². The molecule has 182 valence electrons. The van der Waals surface area contributed by atoms with E-state index in [1.807, 2.05) is 0 Å². The maximum Gasteiger partial charge on any atom is 0.447 e. The van der Waals surface area contributed by atoms with Gasteiger partial charge >= 0.3 is 18.3 Å². The van der Waals surface area contributed by atoms with Crippen molar-refractivity contribution >= 4 is 64.3 Å². The molecule has 0 radical (unpaired) electrons. The van der Waals surface area contributed by atoms with E-state index in [0.717, 1.165) is 32.9 Å². The SMILES string of the molecule is CS/C(C)=N/OC(=O)N(C)SN(C(=O)NC(=O)c1ccccc1Cl)c1ccc(C(F)(F)F)cc1. The fraction of sp³-hybridized carbons (Fsp3) is 0.200. The summed E-state index contributed by atoms with van der Waals surface area (Å²) in [4.78, 5) is 42.3. The number of nitrogens with one attached hydrogen (secondary N) is 1. The van der Waals surface area contributed by atoms with Crippen LogP contribution in [0.2, 0.25) is 5.02 Å². The summed E-state index contributed by atoms with van der Waals surface area (Å²) < 4.78 is 40.5. The predicted molar refractivity (Wildman–Crippen MR) is 127 cm³/mol. The number of alkyl halides is 3. The number of halogens is 4. The summed E-state index contributed by atoms with van der Waals surface area (Å²) in [6.45, 7) is 1.60. The second kappa shape index (κ2) is 12.0. The van der Waals surface area contributed by atoms with E-state index in [0.29, 0.717) is 17.2 Å². The molecule has 0 aromatic heterocycles. The van der Waals surface area contributed by atoms with Gasteiger partial charge in [-0.2, -0.15) is 13.2 Å². The van der Waals surface area contributed by atoms with E-state index < -0.39 is 29.8 Å². The van der Waals surface area contributed by atoms with Crippen molar-refractivity contribution in [3.8, 4) is 0 Å². The number of nitrogens with zero attached hydrogens (tertiary/aromatic N) is 3. The number of imide groups is 1. The third-order valence-electron chi connectivity index (χ3n) is 3.96. The quantitative estimate of drug-likeness (QED) is 0.165. The average Bonchev–Trinajstić information content (AvgIpc) is 2.80. The van der Waals surface area contributed by atoms with E-state index in [1.165, 1.54) is 37.0 Å². The molecule has 0 bridgehead atoms. The van der Waals surface area contributed by atoms with E-state index in [-0.39, 0.29) is 16.3 Å². The Morgan fingerprint density at radius 2 is 1.71 bits per heavy atom. The Bertz CT molecular complexity index is 1080. The molecule has 2 rings (SSSR count). The number of anilines is 1. The van der Waals surface area contributed by atoms with E-state index in [1.54, 1.807) is 19.2 Å². The molecule has 14 heteroatoms. The highest BCUT2D eigenvalue weighted by Crippen LogP contribution is 2.32. The van der Waals surface area contributed by atoms with E-state index in [4.69, 9.17) is 16.4 Å². The summed E-state index contributed by atoms with van der Waals surface area (Å²) in [6.07, 6.45) is -3.84. The van der Waals surface area contributed by atoms with Gasteiger partial charge in [0.2, 0.25) is 0 Å². The number of amides is 4. The standard InChI is InChI=1S/C20H18ClF3N4O4S2/c1-12(33-3)26-32-19(31)27(2)34-28(14-10-8-13(9-11-14)20(22,23)24)18(30)25-17(29)15-6-4-5-7-16(15)21/h4-11H,1-3H3,(H,25,29,30)/b26-12+. The van der Waals surface area contributed by atoms with Crippen LogP contribution in [0.1, 0.15) is 22.8 Å². The minimum Gasteiger partial charge on any atom is -0.296 e. The van der Waals surface area contributed by atoms with Crippen molar-refractivity contribution in [1.29, 1.82) is 0 Å². The lowest BCUT2D eigenvalue weighted by Gasteiger charge is -2.25. The van der Waals surface area contributed by atoms with Gasteiger partial charge in [-0.1, -0.05) is 28.9 Å². The summed E-state index contributed by atoms with van der Waals surface area (Å²) in [5, 5.41) is 6.22. The number of oxime groups is 1. The largest absolute Gasteiger partial charge is 0.447 e. The lowest BCUT2D eigenvalue weighted by molar-refractivity contribution is -0.137. The molecule has 8 nitrogen and oxygen atoms in total. The Morgan fingerprint density at radius 1 is 1.09 bits per heavy atom. The van der Waals surface area contributed by atoms with Crippen LogP contribution in [0.5, 0.6) is 0 Å². The molecule has 0 saturated carbocycles. The lowest BCUT2D eigenvalue weighted by atomic mass is 10.2. The maximum atomic E-state index is 12.9. The van der Waals surface area contributed by atoms with Gasteiger partial charge in [0.1, 0.15) is 5.04 Å². The smallest absolute Gasteiger partial charge is 0.296 e. The van der Waals surface area contributed by atoms with Crippen LogP contribution in [0, 0.1) is 0 Å². The first-order chi connectivity index (χ1) is 15.9. The molecule has 0 heterocycles. The number of hydrogen-bond acceptors (Lipinski definition) is 7. The molecule has 0 atom stereocenters. The first-order valence-corrected chi connectivity index (χ1v) is 11.6. The Hall–Kier alpha value is -2.90. The Kier molecular flexibility index (Phi) is 9.65. The Morgan fingerprint density at radius 3 is 2.26 bits per heavy atom. The molecule has 34 heavy (non-hydrogen) atoms. The molecule has 0 saturated heterocycles. The van der Waals surface area contributed by atoms with Crippen LogP contribution in [-0.2, 0) is 11.0 Å². The Labute approximate surface area is 206 Å². The first kappa shape index (κ1) is 27.3. The molecular weight excluding hydrogens is 517 g/mol. The van der Waals surface area contributed by atoms with Crippen LogP contribution >= 0.6 is 35.5 Å². The van der Waals surface area contributed by atoms with Crippen LogP contribution in [0.3, 0.4) is 0 Å². The van der Waals surface area contributed by atoms with Crippen LogP contribution < -0.4 is 9.62 Å². The maximum absolute atomic E-state index is 12.9. The van der Waals surface area contributed by atoms with Crippen LogP contribution in [0.25, 0.3) is 0 Å². The number of urea groups is 1. The highest BCUT2D eigenvalue weighted by Gasteiger charge is 2.31. The zero-order valence-corrected chi connectivity index (χ0v) is 20.3. The molecule has 0 aliphatic rings. The molecule has 0 unspecified atom stereocenters. The summed E-state index contributed by atoms with van der Waals surface area (Å²) >= 11 is 7.68. The highest BCUT2D eigenvalue weighted by molar-refractivity contribution is 8.13. The second-order valence-corrected chi connectivity index (χ2v) is 8.81. The minimum atomic E-state index is -4.59. The molecule has 1 N–H and O–H groups in total. The predicted octanol–water partition coefficient (Wildman–Crippen LogP) is 6.04. The number of hydrogen-bond donors (Lipinski definition) is 1. The van der Waals surface area contributed by atoms with Crippen LogP contribution in [0.15, 0.2) is 53.7 Å². The molecule has 2 aromatic rings. The number of carbonyl (C=O) groups is 3. The van der Waals surface area contributed by atoms with E-state index >= 15 is 0 Å². The van der Waals surface area contributed by atoms with Gasteiger partial charge in [0.05, 0.1) is 34.0 Å². The van der Waals surface area contributed by atoms with Gasteiger partial charge in [0, 0.05) is 7.05 Å². The number of carbonyl (C=O) groups excluding carboxylic acids is 3. The lowest BCUT2D eigenvalue weighted by Crippen LogP contribution is -2.41. The van der Waals surface area contributed by atoms with Gasteiger partial charge < -0.3 is 0 Å². The van der Waals surface area contributed by atoms with Gasteiger partial charge in [-0.25, -0.2) is 18.2 Å². The molecule has 0 aliphatic carbocycles. The number of thioether (sulfide) groups is 1. The molecule has 0 fully saturated rings. The second-order valence-electron chi connectivity index (χ2n) is 6.33. The molecule has 4 amide bonds. The highest BCUT2D eigenvalue weighted by atomic mass is 35.5. The topological polar surface area (TPSA) is 91.3 Å². The van der Waals surface area contributed by atoms with Gasteiger partial charge in [-0.05, 0) is 49.6 Å². The van der Waals surface area contributed by atoms with Gasteiger partial charge in [0.25, 0.3) is 5.91 Å². The van der Waals surface area contributed by atoms with Crippen molar-refractivity contribution in [3.63, 3.8) is 0 Å². The van der Waals surface area contributed by atoms with Crippen molar-refractivity contribution < 1.29 is 32.4 Å². The molecule has 2 aromatic carbocycles. The minimum absolute atomic E-state index is 0.00419. The first-order valence-electron chi connectivity index (χ1n) is 9.22. The number of benzene rings is 2. The van der Waals surface area contributed by atoms with Crippen LogP contribution in [-0.4, -0.2) is 40.7 Å². The normalized spacial score (nSPS) is 11.6. The Balaban J connectivity index is 2.29. The van der Waals surface area contributed by atoms with Crippen molar-refractivity contribution in [2.75, 3.05) is 17.6 Å². The fourth-order valence-electron chi connectivity index (χ4n) is 2.20. The van der Waals surface area contributed by atoms with Gasteiger partial charge in [-0.15, -0.1) is 11.8 Å². The zero-order valence-electron chi connectivity index (χ0n) is 17.9. The van der Waals surface area contributed by atoms with Gasteiger partial charge in [0.15, 0.2) is 0 Å². The third kappa shape index (κ3) is 7.57. The summed E-state index contributed by atoms with van der Waals surface area (Å²) in [5.41, 5.74) is -0.987. The molecular formula is C20H18ClF3N4O4S2. The van der Waals surface area contributed by atoms with Crippen molar-refractivity contribution in [1.82, 2.24) is 9.62 Å². The van der Waals surface area contributed by atoms with E-state index in [9.17, 15) is 27.6 Å². The fourth-order valence-corrected chi connectivity index (χ4v) is 3.22. The average molecular weight is 535 g/mol. The molecule has 0 spiro atoms. The monoisotopic (exact) mass is 534 g/mol. The third-order valence-corrected chi connectivity index (χ3v) is 5.89. The summed E-state index contributed by atoms with van der Waals surface area (Å²) in [5.74, 6) is -0.849. The summed E-state index contributed by atoms with van der Waals surface area (Å²) in [6, 6.07) is 8.47. The zero-order chi connectivity index (χ0) is 25.5. The number of rotatable bonds is 5. The summed E-state index contributed by atoms with van der Waals surface area (Å²) in [7, 11) is 1.25. The molecule has 0 aliphatic heterocycles. The van der Waals surface area contributed by atoms with Crippen molar-refractivity contribution in [3.05, 3.63) is 64.7 Å². The van der Waals surface area contributed by atoms with Crippen molar-refractivity contribution in [2.24, 2.45) is 5.16 Å². The van der Waals surface area contributed by atoms with E-state index in [2.05, 4.69) is 10.5 Å². The van der Waals surface area contributed by atoms with Crippen LogP contribution in [0.4, 0.5) is 28.4 Å². The van der Waals surface area contributed by atoms with Crippen molar-refractivity contribution in [2.45, 2.75) is 13.1 Å².